The van der Waals surface area contributed by atoms with Crippen LogP contribution in [0, 0.1) is 0 Å². The van der Waals surface area contributed by atoms with E-state index in [2.05, 4.69) is 60.3 Å². The van der Waals surface area contributed by atoms with Crippen molar-refractivity contribution in [3.8, 4) is 23.0 Å². The molecule has 1 N–H and O–H groups in total. The van der Waals surface area contributed by atoms with Crippen LogP contribution in [-0.2, 0) is 24.3 Å². The van der Waals surface area contributed by atoms with Crippen LogP contribution < -0.4 is 19.5 Å². The second-order valence-electron chi connectivity index (χ2n) is 10.2. The summed E-state index contributed by atoms with van der Waals surface area (Å²) in [5.41, 5.74) is 5.70. The molecule has 1 amide bonds. The number of carbonyl (C=O) groups is 1. The van der Waals surface area contributed by atoms with Crippen LogP contribution in [0.2, 0.25) is 0 Å². The molecular weight excluding hydrogens is 512 g/mol. The van der Waals surface area contributed by atoms with Crippen molar-refractivity contribution in [1.82, 2.24) is 9.88 Å². The second-order valence-corrected chi connectivity index (χ2v) is 10.2. The van der Waals surface area contributed by atoms with Crippen LogP contribution in [0.15, 0.2) is 97.2 Å². The van der Waals surface area contributed by atoms with Crippen LogP contribution in [0.5, 0.6) is 23.0 Å². The molecule has 41 heavy (non-hydrogen) atoms. The van der Waals surface area contributed by atoms with E-state index in [1.807, 2.05) is 60.7 Å². The molecule has 4 aromatic carbocycles. The Morgan fingerprint density at radius 1 is 0.902 bits per heavy atom. The number of hydrogen-bond donors (Lipinski definition) is 1. The molecule has 1 aliphatic rings. The van der Waals surface area contributed by atoms with Crippen molar-refractivity contribution in [1.29, 1.82) is 0 Å². The highest BCUT2D eigenvalue weighted by atomic mass is 16.7. The van der Waals surface area contributed by atoms with E-state index in [9.17, 15) is 4.79 Å². The van der Waals surface area contributed by atoms with Gasteiger partial charge >= 0.3 is 0 Å². The van der Waals surface area contributed by atoms with Crippen molar-refractivity contribution in [3.05, 3.63) is 119 Å². The topological polar surface area (TPSA) is 61.7 Å². The molecule has 6 nitrogen and oxygen atoms in total. The number of ether oxygens (including phenoxy) is 3. The molecule has 0 saturated heterocycles. The monoisotopic (exact) mass is 546 g/mol. The highest BCUT2D eigenvalue weighted by Gasteiger charge is 2.24. The fourth-order valence-corrected chi connectivity index (χ4v) is 5.61. The minimum Gasteiger partial charge on any atom is -0.457 e. The Morgan fingerprint density at radius 2 is 1.71 bits per heavy atom. The maximum atomic E-state index is 13.5. The molecule has 5 aromatic rings. The number of aromatic nitrogens is 1. The van der Waals surface area contributed by atoms with E-state index < -0.39 is 0 Å². The summed E-state index contributed by atoms with van der Waals surface area (Å²) in [6.07, 6.45) is 3.48. The summed E-state index contributed by atoms with van der Waals surface area (Å²) in [7, 11) is 0. The number of fused-ring (bicyclic) bond motifs is 2. The van der Waals surface area contributed by atoms with Gasteiger partial charge in [0.05, 0.1) is 5.52 Å². The number of amides is 1. The first kappa shape index (κ1) is 26.5. The molecule has 1 unspecified atom stereocenters. The lowest BCUT2D eigenvalue weighted by Gasteiger charge is -2.19. The second kappa shape index (κ2) is 11.8. The molecule has 6 heteroatoms. The molecule has 208 valence electrons. The zero-order valence-electron chi connectivity index (χ0n) is 23.4. The van der Waals surface area contributed by atoms with Gasteiger partial charge in [-0.05, 0) is 72.0 Å². The van der Waals surface area contributed by atoms with Crippen LogP contribution in [0.3, 0.4) is 0 Å². The maximum absolute atomic E-state index is 13.5. The smallest absolute Gasteiger partial charge is 0.231 e. The molecule has 0 fully saturated rings. The third-order valence-electron chi connectivity index (χ3n) is 7.67. The number of nitrogens with zero attached hydrogens (tertiary/aromatic N) is 1. The summed E-state index contributed by atoms with van der Waals surface area (Å²) in [6.45, 7) is 5.85. The van der Waals surface area contributed by atoms with E-state index in [1.165, 1.54) is 16.5 Å². The van der Waals surface area contributed by atoms with Crippen molar-refractivity contribution >= 4 is 16.8 Å². The van der Waals surface area contributed by atoms with E-state index in [0.717, 1.165) is 46.9 Å². The SMILES string of the molecule is CCc1cccc2c(C(CC(=O)NCc3ccc4c(c3)OCO4)c3cccc(Oc4ccccc4)c3)cn(CC)c12. The number of benzene rings is 4. The van der Waals surface area contributed by atoms with Gasteiger partial charge in [0.15, 0.2) is 11.5 Å². The predicted molar refractivity (Wildman–Crippen MR) is 161 cm³/mol. The molecule has 0 spiro atoms. The van der Waals surface area contributed by atoms with E-state index in [-0.39, 0.29) is 18.6 Å². The summed E-state index contributed by atoms with van der Waals surface area (Å²) in [5.74, 6) is 2.78. The molecule has 1 aliphatic heterocycles. The predicted octanol–water partition coefficient (Wildman–Crippen LogP) is 7.58. The number of para-hydroxylation sites is 2. The number of carbonyl (C=O) groups excluding carboxylic acids is 1. The highest BCUT2D eigenvalue weighted by Crippen LogP contribution is 2.38. The fraction of sp³-hybridized carbons (Fsp3) is 0.229. The molecule has 0 aliphatic carbocycles. The van der Waals surface area contributed by atoms with Crippen LogP contribution in [0.1, 0.15) is 48.4 Å². The van der Waals surface area contributed by atoms with Gasteiger partial charge in [0.1, 0.15) is 11.5 Å². The van der Waals surface area contributed by atoms with Crippen molar-refractivity contribution in [2.45, 2.75) is 45.7 Å². The normalized spacial score (nSPS) is 12.8. The lowest BCUT2D eigenvalue weighted by Crippen LogP contribution is -2.25. The largest absolute Gasteiger partial charge is 0.457 e. The van der Waals surface area contributed by atoms with Gasteiger partial charge in [0, 0.05) is 37.0 Å². The van der Waals surface area contributed by atoms with E-state index in [4.69, 9.17) is 14.2 Å². The van der Waals surface area contributed by atoms with Crippen LogP contribution in [-0.4, -0.2) is 17.3 Å². The van der Waals surface area contributed by atoms with Gasteiger partial charge in [0.2, 0.25) is 12.7 Å². The number of nitrogens with one attached hydrogen (secondary N) is 1. The Balaban J connectivity index is 1.33. The Labute approximate surface area is 240 Å². The summed E-state index contributed by atoms with van der Waals surface area (Å²) < 4.78 is 19.4. The number of aryl methyl sites for hydroxylation is 2. The molecule has 1 atom stereocenters. The first-order valence-corrected chi connectivity index (χ1v) is 14.2. The van der Waals surface area contributed by atoms with Gasteiger partial charge in [-0.2, -0.15) is 0 Å². The number of hydrogen-bond acceptors (Lipinski definition) is 4. The lowest BCUT2D eigenvalue weighted by atomic mass is 9.87. The van der Waals surface area contributed by atoms with Crippen LogP contribution in [0.25, 0.3) is 10.9 Å². The Bertz CT molecular complexity index is 1670. The maximum Gasteiger partial charge on any atom is 0.231 e. The van der Waals surface area contributed by atoms with E-state index in [1.54, 1.807) is 0 Å². The minimum absolute atomic E-state index is 0.0221. The summed E-state index contributed by atoms with van der Waals surface area (Å²) in [5, 5.41) is 4.32. The van der Waals surface area contributed by atoms with E-state index >= 15 is 0 Å². The lowest BCUT2D eigenvalue weighted by molar-refractivity contribution is -0.121. The highest BCUT2D eigenvalue weighted by molar-refractivity contribution is 5.89. The summed E-state index contributed by atoms with van der Waals surface area (Å²) >= 11 is 0. The van der Waals surface area contributed by atoms with Gasteiger partial charge < -0.3 is 24.1 Å². The minimum atomic E-state index is -0.159. The average Bonchev–Trinajstić information content (AvgIpc) is 3.64. The Hall–Kier alpha value is -4.71. The standard InChI is InChI=1S/C35H34N2O4/c1-3-25-10-9-15-29-31(22-37(4-2)35(25)29)30(26-11-8-14-28(19-26)41-27-12-6-5-7-13-27)20-34(38)36-21-24-16-17-32-33(18-24)40-23-39-32/h5-19,22,30H,3-4,20-21,23H2,1-2H3,(H,36,38). The zero-order valence-corrected chi connectivity index (χ0v) is 23.4. The molecule has 0 saturated carbocycles. The Kier molecular flexibility index (Phi) is 7.63. The molecule has 1 aromatic heterocycles. The van der Waals surface area contributed by atoms with Crippen LogP contribution in [0.4, 0.5) is 0 Å². The van der Waals surface area contributed by atoms with Crippen molar-refractivity contribution < 1.29 is 19.0 Å². The molecule has 0 radical (unpaired) electrons. The molecule has 2 heterocycles. The van der Waals surface area contributed by atoms with Crippen LogP contribution >= 0.6 is 0 Å². The Morgan fingerprint density at radius 3 is 2.54 bits per heavy atom. The van der Waals surface area contributed by atoms with E-state index in [0.29, 0.717) is 18.7 Å². The molecule has 0 bridgehead atoms. The third kappa shape index (κ3) is 5.64. The summed E-state index contributed by atoms with van der Waals surface area (Å²) in [6, 6.07) is 30.1. The van der Waals surface area contributed by atoms with Gasteiger partial charge in [-0.3, -0.25) is 4.79 Å². The molecular formula is C35H34N2O4. The number of rotatable bonds is 10. The fourth-order valence-electron chi connectivity index (χ4n) is 5.61. The summed E-state index contributed by atoms with van der Waals surface area (Å²) in [4.78, 5) is 13.5. The third-order valence-corrected chi connectivity index (χ3v) is 7.67. The first-order valence-electron chi connectivity index (χ1n) is 14.2. The van der Waals surface area contributed by atoms with Gasteiger partial charge in [-0.25, -0.2) is 0 Å². The quantitative estimate of drug-likeness (QED) is 0.196. The average molecular weight is 547 g/mol. The van der Waals surface area contributed by atoms with Crippen molar-refractivity contribution in [2.75, 3.05) is 6.79 Å². The molecule has 6 rings (SSSR count). The van der Waals surface area contributed by atoms with Gasteiger partial charge in [-0.1, -0.05) is 61.5 Å². The van der Waals surface area contributed by atoms with Crippen molar-refractivity contribution in [3.63, 3.8) is 0 Å². The van der Waals surface area contributed by atoms with Crippen molar-refractivity contribution in [2.24, 2.45) is 0 Å². The van der Waals surface area contributed by atoms with Gasteiger partial charge in [-0.15, -0.1) is 0 Å². The zero-order chi connectivity index (χ0) is 28.2. The first-order chi connectivity index (χ1) is 20.1. The van der Waals surface area contributed by atoms with Gasteiger partial charge in [0.25, 0.3) is 0 Å².